The van der Waals surface area contributed by atoms with E-state index in [1.54, 1.807) is 0 Å². The summed E-state index contributed by atoms with van der Waals surface area (Å²) in [7, 11) is 0. The highest BCUT2D eigenvalue weighted by atomic mass is 16.3. The van der Waals surface area contributed by atoms with Crippen LogP contribution >= 0.6 is 0 Å². The standard InChI is InChI=1S/C28H25NO2/c30-14-13-29-27(31)21-11-9-20(10-12-21)17-28(18-24-7-3-4-8-25(24)19-28)26-15-22-5-1-2-6-23(22)16-26/h1-12,15-16,18,30H,13-14,17,19H2,(H,29,31)/t28-/m0/s1. The Kier molecular flexibility index (Phi) is 5.21. The highest BCUT2D eigenvalue weighted by Gasteiger charge is 2.42. The third-order valence-corrected chi connectivity index (χ3v) is 6.32. The average molecular weight is 408 g/mol. The Morgan fingerprint density at radius 1 is 0.903 bits per heavy atom. The molecular formula is C28H25NO2. The van der Waals surface area contributed by atoms with Crippen LogP contribution in [-0.2, 0) is 12.8 Å². The van der Waals surface area contributed by atoms with Crippen LogP contribution in [0.25, 0.3) is 6.08 Å². The van der Waals surface area contributed by atoms with E-state index in [-0.39, 0.29) is 24.5 Å². The number of carbonyl (C=O) groups excluding carboxylic acids is 1. The van der Waals surface area contributed by atoms with Gasteiger partial charge in [0.05, 0.1) is 6.61 Å². The van der Waals surface area contributed by atoms with E-state index in [1.165, 1.54) is 33.4 Å². The minimum Gasteiger partial charge on any atom is -0.395 e. The topological polar surface area (TPSA) is 49.3 Å². The van der Waals surface area contributed by atoms with Crippen molar-refractivity contribution in [2.45, 2.75) is 12.8 Å². The molecule has 0 spiro atoms. The number of hydrogen-bond acceptors (Lipinski definition) is 2. The Hall–Kier alpha value is -3.17. The van der Waals surface area contributed by atoms with Crippen LogP contribution in [0.1, 0.15) is 38.2 Å². The maximum absolute atomic E-state index is 12.2. The molecule has 31 heavy (non-hydrogen) atoms. The molecule has 0 unspecified atom stereocenters. The van der Waals surface area contributed by atoms with Gasteiger partial charge in [-0.15, -0.1) is 0 Å². The zero-order valence-corrected chi connectivity index (χ0v) is 17.3. The number of hydrogen-bond donors (Lipinski definition) is 2. The normalized spacial score (nSPS) is 15.8. The Bertz CT molecular complexity index is 1120. The summed E-state index contributed by atoms with van der Waals surface area (Å²) in [5.74, 6) is -0.155. The summed E-state index contributed by atoms with van der Waals surface area (Å²) in [6.45, 7) is 0.207. The van der Waals surface area contributed by atoms with Gasteiger partial charge in [-0.3, -0.25) is 4.79 Å². The number of carbonyl (C=O) groups is 1. The molecule has 0 saturated carbocycles. The quantitative estimate of drug-likeness (QED) is 0.637. The van der Waals surface area contributed by atoms with E-state index in [0.29, 0.717) is 5.56 Å². The van der Waals surface area contributed by atoms with Gasteiger partial charge < -0.3 is 10.4 Å². The summed E-state index contributed by atoms with van der Waals surface area (Å²) in [5.41, 5.74) is 8.30. The number of benzene rings is 3. The van der Waals surface area contributed by atoms with Crippen LogP contribution < -0.4 is 5.32 Å². The molecule has 0 saturated heterocycles. The minimum atomic E-state index is -0.155. The van der Waals surface area contributed by atoms with Crippen LogP contribution in [0.3, 0.4) is 0 Å². The van der Waals surface area contributed by atoms with Gasteiger partial charge in [-0.2, -0.15) is 0 Å². The summed E-state index contributed by atoms with van der Waals surface area (Å²) in [6.07, 6.45) is 8.93. The second-order valence-corrected chi connectivity index (χ2v) is 8.40. The number of fused-ring (bicyclic) bond motifs is 2. The Labute approximate surface area is 183 Å². The van der Waals surface area contributed by atoms with Crippen LogP contribution in [0.15, 0.2) is 78.4 Å². The van der Waals surface area contributed by atoms with Crippen LogP contribution in [0.5, 0.6) is 0 Å². The Morgan fingerprint density at radius 3 is 2.32 bits per heavy atom. The molecule has 154 valence electrons. The molecule has 2 aliphatic rings. The number of nitrogens with one attached hydrogen (secondary N) is 1. The van der Waals surface area contributed by atoms with Gasteiger partial charge in [-0.05, 0) is 52.8 Å². The van der Waals surface area contributed by atoms with Crippen molar-refractivity contribution in [2.24, 2.45) is 5.41 Å². The molecule has 1 atom stereocenters. The summed E-state index contributed by atoms with van der Waals surface area (Å²) >= 11 is 0. The smallest absolute Gasteiger partial charge is 0.251 e. The number of amides is 1. The summed E-state index contributed by atoms with van der Waals surface area (Å²) in [5, 5.41) is 11.6. The first-order chi connectivity index (χ1) is 15.2. The van der Waals surface area contributed by atoms with Crippen molar-refractivity contribution in [3.05, 3.63) is 125 Å². The fourth-order valence-electron chi connectivity index (χ4n) is 4.77. The summed E-state index contributed by atoms with van der Waals surface area (Å²) < 4.78 is 0. The fraction of sp³-hybridized carbons (Fsp3) is 0.179. The van der Waals surface area contributed by atoms with E-state index in [9.17, 15) is 4.79 Å². The van der Waals surface area contributed by atoms with Gasteiger partial charge in [0, 0.05) is 30.4 Å². The van der Waals surface area contributed by atoms with Gasteiger partial charge in [0.2, 0.25) is 0 Å². The molecule has 3 heteroatoms. The fourth-order valence-corrected chi connectivity index (χ4v) is 4.77. The molecule has 0 fully saturated rings. The second kappa shape index (κ2) is 8.16. The number of aliphatic hydroxyl groups is 1. The first-order valence-electron chi connectivity index (χ1n) is 10.7. The molecule has 3 aromatic carbocycles. The third-order valence-electron chi connectivity index (χ3n) is 6.32. The number of allylic oxidation sites excluding steroid dienone is 1. The number of aliphatic hydroxyl groups excluding tert-OH is 1. The minimum absolute atomic E-state index is 0.0588. The van der Waals surface area contributed by atoms with Gasteiger partial charge >= 0.3 is 0 Å². The van der Waals surface area contributed by atoms with Crippen molar-refractivity contribution in [1.82, 2.24) is 5.32 Å². The van der Waals surface area contributed by atoms with Crippen molar-refractivity contribution < 1.29 is 9.90 Å². The predicted octanol–water partition coefficient (Wildman–Crippen LogP) is 4.40. The Morgan fingerprint density at radius 2 is 1.61 bits per heavy atom. The second-order valence-electron chi connectivity index (χ2n) is 8.40. The summed E-state index contributed by atoms with van der Waals surface area (Å²) in [4.78, 5) is 12.2. The van der Waals surface area contributed by atoms with E-state index in [4.69, 9.17) is 5.11 Å². The summed E-state index contributed by atoms with van der Waals surface area (Å²) in [6, 6.07) is 25.0. The van der Waals surface area contributed by atoms with E-state index >= 15 is 0 Å². The predicted molar refractivity (Wildman–Crippen MR) is 123 cm³/mol. The van der Waals surface area contributed by atoms with Gasteiger partial charge in [0.15, 0.2) is 0 Å². The van der Waals surface area contributed by atoms with Gasteiger partial charge in [0.1, 0.15) is 0 Å². The van der Waals surface area contributed by atoms with Crippen molar-refractivity contribution in [3.8, 4) is 0 Å². The lowest BCUT2D eigenvalue weighted by Gasteiger charge is -2.31. The lowest BCUT2D eigenvalue weighted by Crippen LogP contribution is -2.27. The van der Waals surface area contributed by atoms with Crippen LogP contribution in [0.4, 0.5) is 0 Å². The first kappa shape index (κ1) is 19.8. The molecule has 0 bridgehead atoms. The molecule has 2 aliphatic carbocycles. The maximum atomic E-state index is 12.2. The van der Waals surface area contributed by atoms with Crippen LogP contribution in [0, 0.1) is 18.3 Å². The molecule has 2 radical (unpaired) electrons. The molecule has 3 aromatic rings. The van der Waals surface area contributed by atoms with Crippen LogP contribution in [-0.4, -0.2) is 24.2 Å². The highest BCUT2D eigenvalue weighted by Crippen LogP contribution is 2.50. The number of rotatable bonds is 6. The first-order valence-corrected chi connectivity index (χ1v) is 10.7. The van der Waals surface area contributed by atoms with E-state index in [1.807, 2.05) is 12.1 Å². The van der Waals surface area contributed by atoms with E-state index < -0.39 is 0 Å². The van der Waals surface area contributed by atoms with Gasteiger partial charge in [-0.25, -0.2) is 0 Å². The average Bonchev–Trinajstić information content (AvgIpc) is 3.40. The molecule has 0 aromatic heterocycles. The third kappa shape index (κ3) is 3.82. The molecule has 0 heterocycles. The van der Waals surface area contributed by atoms with Gasteiger partial charge in [0.25, 0.3) is 5.91 Å². The largest absolute Gasteiger partial charge is 0.395 e. The van der Waals surface area contributed by atoms with Crippen LogP contribution in [0.2, 0.25) is 0 Å². The van der Waals surface area contributed by atoms with Gasteiger partial charge in [-0.1, -0.05) is 72.3 Å². The zero-order chi connectivity index (χ0) is 21.3. The monoisotopic (exact) mass is 407 g/mol. The molecular weight excluding hydrogens is 382 g/mol. The van der Waals surface area contributed by atoms with E-state index in [2.05, 4.69) is 84.9 Å². The highest BCUT2D eigenvalue weighted by molar-refractivity contribution is 5.94. The maximum Gasteiger partial charge on any atom is 0.251 e. The van der Waals surface area contributed by atoms with E-state index in [0.717, 1.165) is 12.8 Å². The molecule has 5 rings (SSSR count). The molecule has 1 amide bonds. The molecule has 2 N–H and O–H groups in total. The lowest BCUT2D eigenvalue weighted by molar-refractivity contribution is 0.0945. The zero-order valence-electron chi connectivity index (χ0n) is 17.3. The SMILES string of the molecule is O=C(NCCO)c1ccc(C[C@]2(C3=Cc4ccccc4[CH]3)[CH]c3ccccc3C2)cc1. The van der Waals surface area contributed by atoms with Crippen molar-refractivity contribution in [2.75, 3.05) is 13.2 Å². The molecule has 0 aliphatic heterocycles. The van der Waals surface area contributed by atoms with Crippen molar-refractivity contribution >= 4 is 12.0 Å². The van der Waals surface area contributed by atoms with Crippen molar-refractivity contribution in [1.29, 1.82) is 0 Å². The molecule has 3 nitrogen and oxygen atoms in total. The van der Waals surface area contributed by atoms with Crippen molar-refractivity contribution in [3.63, 3.8) is 0 Å². The lowest BCUT2D eigenvalue weighted by atomic mass is 9.72. The Balaban J connectivity index is 1.44.